The summed E-state index contributed by atoms with van der Waals surface area (Å²) in [5.41, 5.74) is 1.23. The summed E-state index contributed by atoms with van der Waals surface area (Å²) >= 11 is 0. The van der Waals surface area contributed by atoms with Crippen LogP contribution in [0.4, 0.5) is 0 Å². The van der Waals surface area contributed by atoms with Gasteiger partial charge in [0.25, 0.3) is 0 Å². The monoisotopic (exact) mass is 275 g/mol. The van der Waals surface area contributed by atoms with Gasteiger partial charge in [-0.2, -0.15) is 0 Å². The van der Waals surface area contributed by atoms with Gasteiger partial charge in [-0.15, -0.1) is 0 Å². The number of fused-ring (bicyclic) bond motifs is 1. The number of carbonyl (C=O) groups excluding carboxylic acids is 1. The van der Waals surface area contributed by atoms with E-state index in [0.717, 1.165) is 26.2 Å². The SMILES string of the molecule is CCOC(=O)[C@@H]1C[C@@H]2COC[C@@H]2N1Cc1ccccc1. The first-order valence-electron chi connectivity index (χ1n) is 7.33. The number of hydrogen-bond donors (Lipinski definition) is 0. The molecular formula is C16H21NO3. The van der Waals surface area contributed by atoms with E-state index in [1.807, 2.05) is 25.1 Å². The Morgan fingerprint density at radius 1 is 1.35 bits per heavy atom. The molecule has 2 saturated heterocycles. The molecule has 4 heteroatoms. The molecule has 4 nitrogen and oxygen atoms in total. The van der Waals surface area contributed by atoms with E-state index in [-0.39, 0.29) is 12.0 Å². The summed E-state index contributed by atoms with van der Waals surface area (Å²) in [5.74, 6) is 0.381. The van der Waals surface area contributed by atoms with Crippen molar-refractivity contribution in [1.82, 2.24) is 4.90 Å². The van der Waals surface area contributed by atoms with Crippen LogP contribution < -0.4 is 0 Å². The van der Waals surface area contributed by atoms with Gasteiger partial charge in [0, 0.05) is 18.5 Å². The maximum atomic E-state index is 12.2. The van der Waals surface area contributed by atoms with Crippen LogP contribution in [0, 0.1) is 5.92 Å². The molecule has 2 heterocycles. The first kappa shape index (κ1) is 13.6. The van der Waals surface area contributed by atoms with Crippen LogP contribution in [0.5, 0.6) is 0 Å². The second kappa shape index (κ2) is 5.94. The number of benzene rings is 1. The number of rotatable bonds is 4. The molecule has 0 aliphatic carbocycles. The van der Waals surface area contributed by atoms with E-state index >= 15 is 0 Å². The predicted molar refractivity (Wildman–Crippen MR) is 75.1 cm³/mol. The standard InChI is InChI=1S/C16H21NO3/c1-2-20-16(18)14-8-13-10-19-11-15(13)17(14)9-12-6-4-3-5-7-12/h3-7,13-15H,2,8-11H2,1H3/t13-,14+,15+/m1/s1. The molecule has 0 amide bonds. The van der Waals surface area contributed by atoms with Crippen LogP contribution in [0.2, 0.25) is 0 Å². The van der Waals surface area contributed by atoms with Crippen LogP contribution in [-0.4, -0.2) is 42.8 Å². The van der Waals surface area contributed by atoms with Crippen LogP contribution in [0.1, 0.15) is 18.9 Å². The fraction of sp³-hybridized carbons (Fsp3) is 0.562. The van der Waals surface area contributed by atoms with Crippen LogP contribution in [0.15, 0.2) is 30.3 Å². The van der Waals surface area contributed by atoms with Gasteiger partial charge in [0.2, 0.25) is 0 Å². The lowest BCUT2D eigenvalue weighted by Gasteiger charge is -2.27. The van der Waals surface area contributed by atoms with Gasteiger partial charge in [-0.1, -0.05) is 30.3 Å². The van der Waals surface area contributed by atoms with Crippen molar-refractivity contribution in [3.8, 4) is 0 Å². The summed E-state index contributed by atoms with van der Waals surface area (Å²) in [6.07, 6.45) is 0.857. The minimum absolute atomic E-state index is 0.0853. The quantitative estimate of drug-likeness (QED) is 0.786. The van der Waals surface area contributed by atoms with E-state index in [1.165, 1.54) is 5.56 Å². The first-order chi connectivity index (χ1) is 9.79. The average Bonchev–Trinajstić information content (AvgIpc) is 3.03. The molecule has 0 bridgehead atoms. The second-order valence-electron chi connectivity index (χ2n) is 5.53. The molecule has 1 aromatic rings. The zero-order chi connectivity index (χ0) is 13.9. The highest BCUT2D eigenvalue weighted by Crippen LogP contribution is 2.36. The van der Waals surface area contributed by atoms with E-state index < -0.39 is 0 Å². The molecule has 0 saturated carbocycles. The van der Waals surface area contributed by atoms with Crippen molar-refractivity contribution in [2.45, 2.75) is 32.0 Å². The first-order valence-corrected chi connectivity index (χ1v) is 7.33. The van der Waals surface area contributed by atoms with Gasteiger partial charge in [0.05, 0.1) is 19.8 Å². The van der Waals surface area contributed by atoms with Gasteiger partial charge in [0.1, 0.15) is 6.04 Å². The molecule has 0 N–H and O–H groups in total. The summed E-state index contributed by atoms with van der Waals surface area (Å²) < 4.78 is 10.8. The Morgan fingerprint density at radius 3 is 2.90 bits per heavy atom. The number of likely N-dealkylation sites (tertiary alicyclic amines) is 1. The Morgan fingerprint density at radius 2 is 2.15 bits per heavy atom. The number of hydrogen-bond acceptors (Lipinski definition) is 4. The number of nitrogens with zero attached hydrogens (tertiary/aromatic N) is 1. The number of carbonyl (C=O) groups is 1. The molecule has 2 aliphatic heterocycles. The smallest absolute Gasteiger partial charge is 0.323 e. The Balaban J connectivity index is 1.77. The van der Waals surface area contributed by atoms with E-state index in [1.54, 1.807) is 0 Å². The van der Waals surface area contributed by atoms with Crippen LogP contribution in [0.25, 0.3) is 0 Å². The molecule has 0 radical (unpaired) electrons. The van der Waals surface area contributed by atoms with E-state index in [2.05, 4.69) is 17.0 Å². The van der Waals surface area contributed by atoms with Crippen molar-refractivity contribution < 1.29 is 14.3 Å². The van der Waals surface area contributed by atoms with Crippen molar-refractivity contribution in [3.05, 3.63) is 35.9 Å². The summed E-state index contributed by atoms with van der Waals surface area (Å²) in [4.78, 5) is 14.4. The lowest BCUT2D eigenvalue weighted by molar-refractivity contribution is -0.149. The number of ether oxygens (including phenoxy) is 2. The van der Waals surface area contributed by atoms with Gasteiger partial charge >= 0.3 is 5.97 Å². The Labute approximate surface area is 119 Å². The lowest BCUT2D eigenvalue weighted by Crippen LogP contribution is -2.42. The fourth-order valence-corrected chi connectivity index (χ4v) is 3.32. The van der Waals surface area contributed by atoms with Crippen molar-refractivity contribution in [2.24, 2.45) is 5.92 Å². The predicted octanol–water partition coefficient (Wildman–Crippen LogP) is 1.84. The largest absolute Gasteiger partial charge is 0.465 e. The molecule has 0 unspecified atom stereocenters. The molecule has 0 spiro atoms. The Kier molecular flexibility index (Phi) is 4.03. The molecule has 0 aromatic heterocycles. The second-order valence-corrected chi connectivity index (χ2v) is 5.53. The zero-order valence-electron chi connectivity index (χ0n) is 11.8. The lowest BCUT2D eigenvalue weighted by atomic mass is 10.0. The number of esters is 1. The molecule has 20 heavy (non-hydrogen) atoms. The van der Waals surface area contributed by atoms with Crippen molar-refractivity contribution in [3.63, 3.8) is 0 Å². The fourth-order valence-electron chi connectivity index (χ4n) is 3.32. The van der Waals surface area contributed by atoms with Crippen molar-refractivity contribution in [2.75, 3.05) is 19.8 Å². The van der Waals surface area contributed by atoms with E-state index in [0.29, 0.717) is 18.6 Å². The van der Waals surface area contributed by atoms with E-state index in [4.69, 9.17) is 9.47 Å². The molecule has 2 fully saturated rings. The van der Waals surface area contributed by atoms with E-state index in [9.17, 15) is 4.79 Å². The summed E-state index contributed by atoms with van der Waals surface area (Å²) in [7, 11) is 0. The van der Waals surface area contributed by atoms with Crippen LogP contribution in [-0.2, 0) is 20.8 Å². The normalized spacial score (nSPS) is 29.4. The van der Waals surface area contributed by atoms with Gasteiger partial charge in [-0.05, 0) is 18.9 Å². The Hall–Kier alpha value is -1.39. The third kappa shape index (κ3) is 2.58. The topological polar surface area (TPSA) is 38.8 Å². The molecule has 1 aromatic carbocycles. The minimum atomic E-state index is -0.117. The molecule has 2 aliphatic rings. The van der Waals surface area contributed by atoms with Gasteiger partial charge in [0.15, 0.2) is 0 Å². The average molecular weight is 275 g/mol. The van der Waals surface area contributed by atoms with Crippen molar-refractivity contribution >= 4 is 5.97 Å². The molecular weight excluding hydrogens is 254 g/mol. The van der Waals surface area contributed by atoms with Crippen LogP contribution in [0.3, 0.4) is 0 Å². The Bertz CT molecular complexity index is 462. The van der Waals surface area contributed by atoms with Gasteiger partial charge < -0.3 is 9.47 Å². The minimum Gasteiger partial charge on any atom is -0.465 e. The highest BCUT2D eigenvalue weighted by atomic mass is 16.5. The van der Waals surface area contributed by atoms with Crippen LogP contribution >= 0.6 is 0 Å². The summed E-state index contributed by atoms with van der Waals surface area (Å²) in [6.45, 7) is 4.59. The van der Waals surface area contributed by atoms with Crippen molar-refractivity contribution in [1.29, 1.82) is 0 Å². The summed E-state index contributed by atoms with van der Waals surface area (Å²) in [6, 6.07) is 10.5. The third-order valence-corrected chi connectivity index (χ3v) is 4.28. The maximum absolute atomic E-state index is 12.2. The molecule has 3 rings (SSSR count). The molecule has 108 valence electrons. The maximum Gasteiger partial charge on any atom is 0.323 e. The highest BCUT2D eigenvalue weighted by molar-refractivity contribution is 5.76. The third-order valence-electron chi connectivity index (χ3n) is 4.28. The van der Waals surface area contributed by atoms with Gasteiger partial charge in [-0.3, -0.25) is 9.69 Å². The summed E-state index contributed by atoms with van der Waals surface area (Å²) in [5, 5.41) is 0. The molecule has 3 atom stereocenters. The zero-order valence-corrected chi connectivity index (χ0v) is 11.8. The van der Waals surface area contributed by atoms with Gasteiger partial charge in [-0.25, -0.2) is 0 Å². The highest BCUT2D eigenvalue weighted by Gasteiger charge is 2.47.